The lowest BCUT2D eigenvalue weighted by atomic mass is 10.8. The molecular formula is C2H4N2S2. The largest absolute Gasteiger partial charge is 0.197 e. The summed E-state index contributed by atoms with van der Waals surface area (Å²) in [6.07, 6.45) is 0. The van der Waals surface area contributed by atoms with E-state index in [1.54, 1.807) is 0 Å². The van der Waals surface area contributed by atoms with Crippen LogP contribution in [0.3, 0.4) is 0 Å². The van der Waals surface area contributed by atoms with Gasteiger partial charge in [0.15, 0.2) is 0 Å². The van der Waals surface area contributed by atoms with Crippen molar-refractivity contribution in [2.24, 2.45) is 8.13 Å². The molecule has 1 rings (SSSR count). The fourth-order valence-corrected chi connectivity index (χ4v) is 1.39. The van der Waals surface area contributed by atoms with E-state index in [0.717, 1.165) is 0 Å². The molecule has 0 N–H and O–H groups in total. The third-order valence-electron chi connectivity index (χ3n) is 0.424. The minimum Gasteiger partial charge on any atom is -0.197 e. The van der Waals surface area contributed by atoms with Crippen LogP contribution in [0.25, 0.3) is 0 Å². The predicted octanol–water partition coefficient (Wildman–Crippen LogP) is 1.44. The molecule has 0 spiro atoms. The van der Waals surface area contributed by atoms with Gasteiger partial charge in [-0.1, -0.05) is 0 Å². The normalized spacial score (nSPS) is 30.5. The Morgan fingerprint density at radius 3 is 2.67 bits per heavy atom. The highest BCUT2D eigenvalue weighted by Crippen LogP contribution is 2.15. The molecule has 0 saturated heterocycles. The van der Waals surface area contributed by atoms with Gasteiger partial charge in [0.05, 0.1) is 11.4 Å². The second-order valence-electron chi connectivity index (χ2n) is 0.966. The predicted molar refractivity (Wildman–Crippen MR) is 29.3 cm³/mol. The van der Waals surface area contributed by atoms with Crippen LogP contribution in [0.5, 0.6) is 0 Å². The van der Waals surface area contributed by atoms with Crippen molar-refractivity contribution in [3.63, 3.8) is 0 Å². The molecule has 1 unspecified atom stereocenters. The van der Waals surface area contributed by atoms with Crippen molar-refractivity contribution in [2.45, 2.75) is 12.3 Å². The first-order valence-corrected chi connectivity index (χ1v) is 3.19. The van der Waals surface area contributed by atoms with Crippen molar-refractivity contribution >= 4 is 23.3 Å². The highest BCUT2D eigenvalue weighted by Gasteiger charge is 1.98. The summed E-state index contributed by atoms with van der Waals surface area (Å²) in [5, 5.41) is 0.384. The van der Waals surface area contributed by atoms with Crippen LogP contribution in [0.4, 0.5) is 0 Å². The Balaban J connectivity index is 2.55. The minimum absolute atomic E-state index is 0.384. The Morgan fingerprint density at radius 2 is 2.50 bits per heavy atom. The van der Waals surface area contributed by atoms with Crippen LogP contribution in [-0.2, 0) is 11.4 Å². The van der Waals surface area contributed by atoms with Gasteiger partial charge in [0, 0.05) is 11.9 Å². The number of hydrogen-bond acceptors (Lipinski definition) is 3. The van der Waals surface area contributed by atoms with Crippen molar-refractivity contribution in [2.75, 3.05) is 0 Å². The minimum atomic E-state index is 0.384. The van der Waals surface area contributed by atoms with Gasteiger partial charge in [0.1, 0.15) is 5.37 Å². The van der Waals surface area contributed by atoms with E-state index in [9.17, 15) is 0 Å². The zero-order valence-electron chi connectivity index (χ0n) is 3.29. The number of hydrogen-bond donors (Lipinski definition) is 0. The lowest BCUT2D eigenvalue weighted by Gasteiger charge is -1.83. The van der Waals surface area contributed by atoms with Gasteiger partial charge in [0.25, 0.3) is 0 Å². The molecule has 0 aromatic heterocycles. The molecule has 0 amide bonds. The van der Waals surface area contributed by atoms with Crippen molar-refractivity contribution < 1.29 is 0 Å². The summed E-state index contributed by atoms with van der Waals surface area (Å²) in [6, 6.07) is 0. The molecule has 0 aliphatic carbocycles. The molecule has 1 aliphatic rings. The van der Waals surface area contributed by atoms with E-state index in [1.807, 2.05) is 6.92 Å². The molecular weight excluding hydrogens is 116 g/mol. The molecule has 1 aliphatic heterocycles. The summed E-state index contributed by atoms with van der Waals surface area (Å²) in [5.41, 5.74) is 0. The first-order valence-electron chi connectivity index (χ1n) is 1.62. The summed E-state index contributed by atoms with van der Waals surface area (Å²) in [5.74, 6) is 0. The topological polar surface area (TPSA) is 24.7 Å². The van der Waals surface area contributed by atoms with Crippen LogP contribution in [0.15, 0.2) is 8.13 Å². The first-order chi connectivity index (χ1) is 2.89. The van der Waals surface area contributed by atoms with Crippen LogP contribution in [0.1, 0.15) is 6.92 Å². The van der Waals surface area contributed by atoms with Gasteiger partial charge in [-0.15, -0.1) is 3.77 Å². The molecule has 0 radical (unpaired) electrons. The van der Waals surface area contributed by atoms with Gasteiger partial charge >= 0.3 is 0 Å². The molecule has 0 bridgehead atoms. The van der Waals surface area contributed by atoms with Gasteiger partial charge in [-0.05, 0) is 6.92 Å². The van der Waals surface area contributed by atoms with E-state index < -0.39 is 0 Å². The monoisotopic (exact) mass is 120 g/mol. The SMILES string of the molecule is CC1N=S=NS1. The zero-order chi connectivity index (χ0) is 4.41. The van der Waals surface area contributed by atoms with Crippen molar-refractivity contribution in [3.8, 4) is 0 Å². The fraction of sp³-hybridized carbons (Fsp3) is 1.00. The maximum atomic E-state index is 3.95. The van der Waals surface area contributed by atoms with Gasteiger partial charge in [-0.25, -0.2) is 0 Å². The standard InChI is InChI=1S/C2H4N2S2/c1-2-3-6-4-5-2/h2H,1H3. The quantitative estimate of drug-likeness (QED) is 0.444. The fourth-order valence-electron chi connectivity index (χ4n) is 0.186. The first kappa shape index (κ1) is 4.33. The van der Waals surface area contributed by atoms with E-state index in [-0.39, 0.29) is 0 Å². The van der Waals surface area contributed by atoms with Crippen LogP contribution in [0.2, 0.25) is 0 Å². The number of nitrogens with zero attached hydrogens (tertiary/aromatic N) is 2. The lowest BCUT2D eigenvalue weighted by Crippen LogP contribution is -1.78. The molecule has 0 aromatic rings. The van der Waals surface area contributed by atoms with E-state index >= 15 is 0 Å². The maximum absolute atomic E-state index is 3.95. The Morgan fingerprint density at radius 1 is 1.67 bits per heavy atom. The lowest BCUT2D eigenvalue weighted by molar-refractivity contribution is 1.08. The molecule has 6 heavy (non-hydrogen) atoms. The summed E-state index contributed by atoms with van der Waals surface area (Å²) in [4.78, 5) is 0. The van der Waals surface area contributed by atoms with Gasteiger partial charge in [-0.2, -0.15) is 4.36 Å². The maximum Gasteiger partial charge on any atom is 0.129 e. The second-order valence-corrected chi connectivity index (χ2v) is 2.83. The zero-order valence-corrected chi connectivity index (χ0v) is 4.92. The van der Waals surface area contributed by atoms with E-state index in [4.69, 9.17) is 0 Å². The van der Waals surface area contributed by atoms with E-state index in [2.05, 4.69) is 8.13 Å². The number of rotatable bonds is 0. The summed E-state index contributed by atoms with van der Waals surface area (Å²) >= 11 is 2.81. The van der Waals surface area contributed by atoms with Gasteiger partial charge < -0.3 is 0 Å². The molecule has 34 valence electrons. The van der Waals surface area contributed by atoms with E-state index in [1.165, 1.54) is 23.3 Å². The van der Waals surface area contributed by atoms with Crippen molar-refractivity contribution in [1.82, 2.24) is 0 Å². The van der Waals surface area contributed by atoms with Crippen LogP contribution < -0.4 is 0 Å². The third-order valence-corrected chi connectivity index (χ3v) is 1.99. The van der Waals surface area contributed by atoms with E-state index in [0.29, 0.717) is 5.37 Å². The average molecular weight is 120 g/mol. The Bertz CT molecular complexity index is 104. The van der Waals surface area contributed by atoms with Crippen LogP contribution in [0, 0.1) is 0 Å². The van der Waals surface area contributed by atoms with Gasteiger partial charge in [-0.3, -0.25) is 0 Å². The Labute approximate surface area is 44.4 Å². The smallest absolute Gasteiger partial charge is 0.129 e. The van der Waals surface area contributed by atoms with Crippen molar-refractivity contribution in [1.29, 1.82) is 0 Å². The summed E-state index contributed by atoms with van der Waals surface area (Å²) in [6.45, 7) is 2.02. The Kier molecular flexibility index (Phi) is 1.26. The van der Waals surface area contributed by atoms with Gasteiger partial charge in [0.2, 0.25) is 0 Å². The average Bonchev–Trinajstić information content (AvgIpc) is 1.86. The van der Waals surface area contributed by atoms with Crippen LogP contribution >= 0.6 is 11.9 Å². The second kappa shape index (κ2) is 1.75. The van der Waals surface area contributed by atoms with Crippen LogP contribution in [-0.4, -0.2) is 5.37 Å². The molecule has 0 saturated carbocycles. The molecule has 4 heteroatoms. The van der Waals surface area contributed by atoms with Crippen molar-refractivity contribution in [3.05, 3.63) is 0 Å². The molecule has 1 heterocycles. The molecule has 2 nitrogen and oxygen atoms in total. The summed E-state index contributed by atoms with van der Waals surface area (Å²) in [7, 11) is 0. The highest BCUT2D eigenvalue weighted by atomic mass is 32.2. The third kappa shape index (κ3) is 0.815. The molecule has 1 atom stereocenters. The summed E-state index contributed by atoms with van der Waals surface area (Å²) < 4.78 is 7.78. The highest BCUT2D eigenvalue weighted by molar-refractivity contribution is 8.02. The molecule has 0 aromatic carbocycles. The molecule has 0 fully saturated rings. The Hall–Kier alpha value is 0.170.